The normalized spacial score (nSPS) is 27.4. The maximum atomic E-state index is 14.2. The first-order valence-electron chi connectivity index (χ1n) is 12.6. The van der Waals surface area contributed by atoms with Crippen LogP contribution < -0.4 is 4.74 Å². The van der Waals surface area contributed by atoms with E-state index in [2.05, 4.69) is 11.7 Å². The Bertz CT molecular complexity index is 763. The molecule has 1 aromatic carbocycles. The molecule has 0 aliphatic heterocycles. The van der Waals surface area contributed by atoms with E-state index in [0.717, 1.165) is 49.1 Å². The summed E-state index contributed by atoms with van der Waals surface area (Å²) in [5.74, 6) is 0.739. The molecule has 0 saturated heterocycles. The van der Waals surface area contributed by atoms with Gasteiger partial charge in [-0.15, -0.1) is 0 Å². The van der Waals surface area contributed by atoms with Crippen molar-refractivity contribution < 1.29 is 35.5 Å². The Morgan fingerprint density at radius 3 is 1.85 bits per heavy atom. The largest absolute Gasteiger partial charge is 0.439 e. The second-order valence-corrected chi connectivity index (χ2v) is 10.2. The first kappa shape index (κ1) is 27.1. The van der Waals surface area contributed by atoms with E-state index < -0.39 is 30.0 Å². The predicted molar refractivity (Wildman–Crippen MR) is 117 cm³/mol. The zero-order chi connectivity index (χ0) is 24.9. The molecule has 1 atom stereocenters. The highest BCUT2D eigenvalue weighted by Gasteiger charge is 2.59. The highest BCUT2D eigenvalue weighted by molar-refractivity contribution is 5.30. The number of alkyl halides is 6. The molecule has 2 aliphatic rings. The van der Waals surface area contributed by atoms with Crippen molar-refractivity contribution in [3.63, 3.8) is 0 Å². The van der Waals surface area contributed by atoms with Gasteiger partial charge < -0.3 is 4.74 Å². The van der Waals surface area contributed by atoms with E-state index in [4.69, 9.17) is 0 Å². The number of hydrogen-bond donors (Lipinski definition) is 0. The lowest BCUT2D eigenvalue weighted by Crippen LogP contribution is -2.45. The van der Waals surface area contributed by atoms with Crippen molar-refractivity contribution in [3.8, 4) is 5.75 Å². The van der Waals surface area contributed by atoms with Gasteiger partial charge in [0.15, 0.2) is 11.6 Å². The summed E-state index contributed by atoms with van der Waals surface area (Å²) < 4.78 is 94.4. The van der Waals surface area contributed by atoms with Crippen molar-refractivity contribution in [1.29, 1.82) is 0 Å². The van der Waals surface area contributed by atoms with Gasteiger partial charge in [0.2, 0.25) is 0 Å². The molecule has 0 spiro atoms. The smallest absolute Gasteiger partial charge is 0.427 e. The van der Waals surface area contributed by atoms with E-state index in [-0.39, 0.29) is 0 Å². The Kier molecular flexibility index (Phi) is 9.18. The molecule has 2 fully saturated rings. The number of aryl methyl sites for hydroxylation is 1. The fraction of sp³-hybridized carbons (Fsp3) is 0.769. The number of hydrogen-bond acceptors (Lipinski definition) is 1. The summed E-state index contributed by atoms with van der Waals surface area (Å²) in [6.45, 7) is 2.25. The SMILES string of the molecule is CCCC1CCC(C2CCC(CCc3ccc(OC(F)(F)C(F)C(F)(F)F)c(F)c3)CC2)CC1. The molecule has 194 valence electrons. The van der Waals surface area contributed by atoms with Gasteiger partial charge in [0.25, 0.3) is 6.17 Å². The molecular weight excluding hydrogens is 461 g/mol. The van der Waals surface area contributed by atoms with Gasteiger partial charge in [-0.05, 0) is 79.9 Å². The van der Waals surface area contributed by atoms with Gasteiger partial charge in [-0.3, -0.25) is 0 Å². The summed E-state index contributed by atoms with van der Waals surface area (Å²) in [6, 6.07) is 3.16. The van der Waals surface area contributed by atoms with E-state index in [0.29, 0.717) is 17.9 Å². The first-order valence-corrected chi connectivity index (χ1v) is 12.6. The molecule has 1 aromatic rings. The van der Waals surface area contributed by atoms with Crippen LogP contribution >= 0.6 is 0 Å². The van der Waals surface area contributed by atoms with Crippen molar-refractivity contribution in [2.24, 2.45) is 23.7 Å². The minimum atomic E-state index is -5.81. The lowest BCUT2D eigenvalue weighted by Gasteiger charge is -2.38. The van der Waals surface area contributed by atoms with E-state index in [1.165, 1.54) is 57.4 Å². The van der Waals surface area contributed by atoms with Crippen molar-refractivity contribution in [2.45, 2.75) is 102 Å². The number of benzene rings is 1. The molecule has 0 N–H and O–H groups in total. The minimum absolute atomic E-state index is 0.523. The molecule has 0 bridgehead atoms. The van der Waals surface area contributed by atoms with Crippen LogP contribution in [0.3, 0.4) is 0 Å². The van der Waals surface area contributed by atoms with Gasteiger partial charge in [-0.25, -0.2) is 8.78 Å². The summed E-state index contributed by atoms with van der Waals surface area (Å²) >= 11 is 0. The van der Waals surface area contributed by atoms with Crippen LogP contribution in [0.4, 0.5) is 30.7 Å². The van der Waals surface area contributed by atoms with Crippen LogP contribution in [-0.2, 0) is 6.42 Å². The molecule has 0 amide bonds. The second-order valence-electron chi connectivity index (χ2n) is 10.2. The third-order valence-corrected chi connectivity index (χ3v) is 7.81. The van der Waals surface area contributed by atoms with E-state index in [9.17, 15) is 30.7 Å². The van der Waals surface area contributed by atoms with Gasteiger partial charge in [0.05, 0.1) is 0 Å². The molecule has 1 nitrogen and oxygen atoms in total. The molecule has 0 aromatic heterocycles. The van der Waals surface area contributed by atoms with Gasteiger partial charge >= 0.3 is 12.3 Å². The van der Waals surface area contributed by atoms with Crippen LogP contribution in [0.15, 0.2) is 18.2 Å². The number of rotatable bonds is 9. The third-order valence-electron chi connectivity index (χ3n) is 7.81. The van der Waals surface area contributed by atoms with Crippen LogP contribution in [-0.4, -0.2) is 18.5 Å². The summed E-state index contributed by atoms with van der Waals surface area (Å²) in [4.78, 5) is 0. The summed E-state index contributed by atoms with van der Waals surface area (Å²) in [5.41, 5.74) is 0.553. The van der Waals surface area contributed by atoms with E-state index >= 15 is 0 Å². The van der Waals surface area contributed by atoms with Gasteiger partial charge in [-0.1, -0.05) is 51.5 Å². The standard InChI is InChI=1S/C26H35F7O/c1-2-3-17-6-11-20(12-7-17)21-13-8-18(9-14-21)4-5-19-10-15-23(22(27)16-19)34-26(32,33)24(28)25(29,30)31/h10,15-18,20-21,24H,2-9,11-14H2,1H3. The van der Waals surface area contributed by atoms with Crippen LogP contribution in [0.1, 0.15) is 83.1 Å². The molecule has 3 rings (SSSR count). The van der Waals surface area contributed by atoms with Gasteiger partial charge in [-0.2, -0.15) is 22.0 Å². The molecule has 8 heteroatoms. The fourth-order valence-corrected chi connectivity index (χ4v) is 5.85. The lowest BCUT2D eigenvalue weighted by atomic mass is 9.68. The number of ether oxygens (including phenoxy) is 1. The van der Waals surface area contributed by atoms with Crippen LogP contribution in [0.5, 0.6) is 5.75 Å². The maximum Gasteiger partial charge on any atom is 0.439 e. The predicted octanol–water partition coefficient (Wildman–Crippen LogP) is 9.04. The topological polar surface area (TPSA) is 9.23 Å². The van der Waals surface area contributed by atoms with Crippen LogP contribution in [0, 0.1) is 29.5 Å². The average Bonchev–Trinajstić information content (AvgIpc) is 2.79. The zero-order valence-electron chi connectivity index (χ0n) is 19.7. The Morgan fingerprint density at radius 2 is 1.38 bits per heavy atom. The molecule has 34 heavy (non-hydrogen) atoms. The molecule has 2 saturated carbocycles. The van der Waals surface area contributed by atoms with Crippen molar-refractivity contribution in [2.75, 3.05) is 0 Å². The van der Waals surface area contributed by atoms with Crippen LogP contribution in [0.2, 0.25) is 0 Å². The zero-order valence-corrected chi connectivity index (χ0v) is 19.7. The summed E-state index contributed by atoms with van der Waals surface area (Å²) in [5, 5.41) is 0. The van der Waals surface area contributed by atoms with Crippen LogP contribution in [0.25, 0.3) is 0 Å². The molecular formula is C26H35F7O. The molecule has 1 unspecified atom stereocenters. The molecule has 2 aliphatic carbocycles. The fourth-order valence-electron chi connectivity index (χ4n) is 5.85. The Hall–Kier alpha value is -1.47. The van der Waals surface area contributed by atoms with Crippen molar-refractivity contribution in [3.05, 3.63) is 29.6 Å². The first-order chi connectivity index (χ1) is 16.0. The molecule has 0 radical (unpaired) electrons. The van der Waals surface area contributed by atoms with Gasteiger partial charge in [0, 0.05) is 0 Å². The highest BCUT2D eigenvalue weighted by Crippen LogP contribution is 2.43. The second kappa shape index (κ2) is 11.5. The average molecular weight is 497 g/mol. The van der Waals surface area contributed by atoms with Crippen molar-refractivity contribution >= 4 is 0 Å². The monoisotopic (exact) mass is 496 g/mol. The Morgan fingerprint density at radius 1 is 0.853 bits per heavy atom. The quantitative estimate of drug-likeness (QED) is 0.310. The highest BCUT2D eigenvalue weighted by atomic mass is 19.4. The lowest BCUT2D eigenvalue weighted by molar-refractivity contribution is -0.305. The summed E-state index contributed by atoms with van der Waals surface area (Å²) in [7, 11) is 0. The minimum Gasteiger partial charge on any atom is -0.427 e. The third kappa shape index (κ3) is 7.27. The maximum absolute atomic E-state index is 14.2. The van der Waals surface area contributed by atoms with Crippen molar-refractivity contribution in [1.82, 2.24) is 0 Å². The Labute approximate surface area is 197 Å². The molecule has 0 heterocycles. The van der Waals surface area contributed by atoms with E-state index in [1.807, 2.05) is 0 Å². The summed E-state index contributed by atoms with van der Waals surface area (Å²) in [6.07, 6.45) is -1.47. The number of halogens is 7. The Balaban J connectivity index is 1.44. The van der Waals surface area contributed by atoms with E-state index in [1.54, 1.807) is 0 Å². The van der Waals surface area contributed by atoms with Gasteiger partial charge in [0.1, 0.15) is 0 Å².